The predicted octanol–water partition coefficient (Wildman–Crippen LogP) is 1.24. The van der Waals surface area contributed by atoms with Crippen LogP contribution >= 0.6 is 0 Å². The minimum absolute atomic E-state index is 0.0457. The van der Waals surface area contributed by atoms with Crippen LogP contribution < -0.4 is 16.2 Å². The van der Waals surface area contributed by atoms with Crippen LogP contribution in [0.3, 0.4) is 0 Å². The summed E-state index contributed by atoms with van der Waals surface area (Å²) in [5, 5.41) is 6.83. The van der Waals surface area contributed by atoms with Gasteiger partial charge in [-0.25, -0.2) is 0 Å². The SMILES string of the molecule is NC(N)=NN=Cc1ccccc1OCC(F)(F)F. The fourth-order valence-electron chi connectivity index (χ4n) is 1.04. The van der Waals surface area contributed by atoms with Crippen molar-refractivity contribution in [3.8, 4) is 5.75 Å². The molecule has 0 atom stereocenters. The van der Waals surface area contributed by atoms with Gasteiger partial charge in [0.25, 0.3) is 0 Å². The van der Waals surface area contributed by atoms with Crippen LogP contribution in [0.4, 0.5) is 13.2 Å². The summed E-state index contributed by atoms with van der Waals surface area (Å²) >= 11 is 0. The smallest absolute Gasteiger partial charge is 0.422 e. The zero-order valence-corrected chi connectivity index (χ0v) is 9.19. The summed E-state index contributed by atoms with van der Waals surface area (Å²) < 4.78 is 40.7. The van der Waals surface area contributed by atoms with Crippen LogP contribution in [0.25, 0.3) is 0 Å². The van der Waals surface area contributed by atoms with Gasteiger partial charge in [-0.05, 0) is 12.1 Å². The Labute approximate surface area is 101 Å². The van der Waals surface area contributed by atoms with Crippen LogP contribution in [0.1, 0.15) is 5.56 Å². The molecule has 0 bridgehead atoms. The third-order valence-corrected chi connectivity index (χ3v) is 1.68. The molecule has 98 valence electrons. The lowest BCUT2D eigenvalue weighted by Crippen LogP contribution is -2.21. The lowest BCUT2D eigenvalue weighted by Gasteiger charge is -2.10. The summed E-state index contributed by atoms with van der Waals surface area (Å²) in [4.78, 5) is 0. The van der Waals surface area contributed by atoms with Crippen LogP contribution in [0.5, 0.6) is 5.75 Å². The molecule has 0 unspecified atom stereocenters. The van der Waals surface area contributed by atoms with Crippen molar-refractivity contribution in [3.05, 3.63) is 29.8 Å². The maximum atomic E-state index is 12.0. The summed E-state index contributed by atoms with van der Waals surface area (Å²) in [5.74, 6) is -0.204. The van der Waals surface area contributed by atoms with Crippen molar-refractivity contribution >= 4 is 12.2 Å². The van der Waals surface area contributed by atoms with Crippen LogP contribution in [-0.4, -0.2) is 25.0 Å². The average Bonchev–Trinajstić information content (AvgIpc) is 2.26. The van der Waals surface area contributed by atoms with Gasteiger partial charge in [-0.3, -0.25) is 0 Å². The van der Waals surface area contributed by atoms with E-state index in [-0.39, 0.29) is 11.7 Å². The standard InChI is InChI=1S/C10H11F3N4O/c11-10(12,13)6-18-8-4-2-1-3-7(8)5-16-17-9(14)15/h1-5H,6H2,(H4,14,15,17). The van der Waals surface area contributed by atoms with Crippen molar-refractivity contribution in [2.75, 3.05) is 6.61 Å². The van der Waals surface area contributed by atoms with Gasteiger partial charge in [0.05, 0.1) is 6.21 Å². The number of nitrogens with zero attached hydrogens (tertiary/aromatic N) is 2. The minimum atomic E-state index is -4.40. The first-order valence-corrected chi connectivity index (χ1v) is 4.79. The lowest BCUT2D eigenvalue weighted by molar-refractivity contribution is -0.153. The highest BCUT2D eigenvalue weighted by atomic mass is 19.4. The molecule has 4 N–H and O–H groups in total. The second-order valence-electron chi connectivity index (χ2n) is 3.21. The van der Waals surface area contributed by atoms with E-state index in [1.165, 1.54) is 18.3 Å². The number of para-hydroxylation sites is 1. The number of rotatable bonds is 4. The highest BCUT2D eigenvalue weighted by molar-refractivity contribution is 5.84. The molecule has 0 radical (unpaired) electrons. The molecule has 0 saturated heterocycles. The van der Waals surface area contributed by atoms with Crippen LogP contribution in [0.15, 0.2) is 34.5 Å². The number of halogens is 3. The number of hydrogen-bond donors (Lipinski definition) is 2. The Bertz CT molecular complexity index is 453. The number of benzene rings is 1. The molecule has 1 aromatic rings. The van der Waals surface area contributed by atoms with Gasteiger partial charge in [-0.2, -0.15) is 18.3 Å². The van der Waals surface area contributed by atoms with E-state index in [9.17, 15) is 13.2 Å². The van der Waals surface area contributed by atoms with Gasteiger partial charge in [0, 0.05) is 5.56 Å². The van der Waals surface area contributed by atoms with Gasteiger partial charge >= 0.3 is 6.18 Å². The van der Waals surface area contributed by atoms with Gasteiger partial charge in [-0.1, -0.05) is 12.1 Å². The lowest BCUT2D eigenvalue weighted by atomic mass is 10.2. The number of guanidine groups is 1. The molecule has 0 amide bonds. The van der Waals surface area contributed by atoms with Crippen LogP contribution in [-0.2, 0) is 0 Å². The van der Waals surface area contributed by atoms with Gasteiger partial charge in [0.1, 0.15) is 5.75 Å². The van der Waals surface area contributed by atoms with Gasteiger partial charge in [-0.15, -0.1) is 5.10 Å². The quantitative estimate of drug-likeness (QED) is 0.485. The Morgan fingerprint density at radius 3 is 2.56 bits per heavy atom. The highest BCUT2D eigenvalue weighted by Crippen LogP contribution is 2.20. The normalized spacial score (nSPS) is 11.5. The molecule has 0 heterocycles. The van der Waals surface area contributed by atoms with Gasteiger partial charge < -0.3 is 16.2 Å². The number of alkyl halides is 3. The number of hydrogen-bond acceptors (Lipinski definition) is 3. The first kappa shape index (κ1) is 13.8. The molecule has 18 heavy (non-hydrogen) atoms. The van der Waals surface area contributed by atoms with Crippen LogP contribution in [0, 0.1) is 0 Å². The maximum absolute atomic E-state index is 12.0. The molecule has 0 fully saturated rings. The molecule has 0 spiro atoms. The van der Waals surface area contributed by atoms with E-state index in [0.717, 1.165) is 0 Å². The van der Waals surface area contributed by atoms with Crippen molar-refractivity contribution in [1.29, 1.82) is 0 Å². The second kappa shape index (κ2) is 5.89. The average molecular weight is 260 g/mol. The van der Waals surface area contributed by atoms with E-state index in [2.05, 4.69) is 14.9 Å². The molecule has 0 aromatic heterocycles. The Balaban J connectivity index is 2.80. The summed E-state index contributed by atoms with van der Waals surface area (Å²) in [5.41, 5.74) is 10.4. The van der Waals surface area contributed by atoms with Crippen molar-refractivity contribution < 1.29 is 17.9 Å². The largest absolute Gasteiger partial charge is 0.483 e. The molecular formula is C10H11F3N4O. The van der Waals surface area contributed by atoms with Crippen molar-refractivity contribution in [2.45, 2.75) is 6.18 Å². The van der Waals surface area contributed by atoms with E-state index in [4.69, 9.17) is 11.5 Å². The van der Waals surface area contributed by atoms with Gasteiger partial charge in [0.2, 0.25) is 5.96 Å². The molecule has 1 rings (SSSR count). The fraction of sp³-hybridized carbons (Fsp3) is 0.200. The summed E-state index contributed by atoms with van der Waals surface area (Å²) in [6.07, 6.45) is -3.20. The predicted molar refractivity (Wildman–Crippen MR) is 61.4 cm³/mol. The third kappa shape index (κ3) is 5.19. The Morgan fingerprint density at radius 2 is 1.94 bits per heavy atom. The molecule has 0 aliphatic carbocycles. The summed E-state index contributed by atoms with van der Waals surface area (Å²) in [6.45, 7) is -1.37. The molecule has 1 aromatic carbocycles. The number of nitrogens with two attached hydrogens (primary N) is 2. The summed E-state index contributed by atoms with van der Waals surface area (Å²) in [7, 11) is 0. The summed E-state index contributed by atoms with van der Waals surface area (Å²) in [6, 6.07) is 6.08. The monoisotopic (exact) mass is 260 g/mol. The molecule has 8 heteroatoms. The van der Waals surface area contributed by atoms with Gasteiger partial charge in [0.15, 0.2) is 6.61 Å². The number of ether oxygens (including phenoxy) is 1. The van der Waals surface area contributed by atoms with E-state index < -0.39 is 12.8 Å². The Kier molecular flexibility index (Phi) is 4.52. The zero-order valence-electron chi connectivity index (χ0n) is 9.19. The van der Waals surface area contributed by atoms with E-state index in [0.29, 0.717) is 5.56 Å². The van der Waals surface area contributed by atoms with Crippen molar-refractivity contribution in [1.82, 2.24) is 0 Å². The maximum Gasteiger partial charge on any atom is 0.422 e. The van der Waals surface area contributed by atoms with Crippen molar-refractivity contribution in [2.24, 2.45) is 21.7 Å². The third-order valence-electron chi connectivity index (χ3n) is 1.68. The van der Waals surface area contributed by atoms with E-state index in [1.54, 1.807) is 12.1 Å². The second-order valence-corrected chi connectivity index (χ2v) is 3.21. The van der Waals surface area contributed by atoms with E-state index in [1.807, 2.05) is 0 Å². The Hall–Kier alpha value is -2.25. The van der Waals surface area contributed by atoms with Crippen LogP contribution in [0.2, 0.25) is 0 Å². The highest BCUT2D eigenvalue weighted by Gasteiger charge is 2.28. The molecule has 0 saturated carbocycles. The first-order chi connectivity index (χ1) is 8.38. The van der Waals surface area contributed by atoms with E-state index >= 15 is 0 Å². The molecular weight excluding hydrogens is 249 g/mol. The minimum Gasteiger partial charge on any atom is -0.483 e. The first-order valence-electron chi connectivity index (χ1n) is 4.79. The fourth-order valence-corrected chi connectivity index (χ4v) is 1.04. The van der Waals surface area contributed by atoms with Crippen molar-refractivity contribution in [3.63, 3.8) is 0 Å². The Morgan fingerprint density at radius 1 is 1.28 bits per heavy atom. The molecule has 0 aliphatic heterocycles. The topological polar surface area (TPSA) is 86.0 Å². The zero-order chi connectivity index (χ0) is 13.6. The molecule has 0 aliphatic rings. The molecule has 5 nitrogen and oxygen atoms in total.